The maximum atomic E-state index is 13.5. The Balaban J connectivity index is 1.69. The van der Waals surface area contributed by atoms with E-state index in [2.05, 4.69) is 26.2 Å². The number of amides is 1. The number of nitrogens with one attached hydrogen (secondary N) is 3. The quantitative estimate of drug-likeness (QED) is 0.481. The van der Waals surface area contributed by atoms with Crippen molar-refractivity contribution in [1.29, 1.82) is 5.41 Å². The summed E-state index contributed by atoms with van der Waals surface area (Å²) in [7, 11) is 1.65. The highest BCUT2D eigenvalue weighted by Crippen LogP contribution is 2.24. The van der Waals surface area contributed by atoms with Crippen LogP contribution in [0.1, 0.15) is 21.6 Å². The summed E-state index contributed by atoms with van der Waals surface area (Å²) >= 11 is 0. The SMILES string of the molecule is C#CC1CN(C(=O)c2c[nH]c3ncc(C(=N)c4ccc(F)cc4NC)nc23)C1. The molecule has 28 heavy (non-hydrogen) atoms. The molecule has 2 aromatic heterocycles. The predicted octanol–water partition coefficient (Wildman–Crippen LogP) is 2.26. The molecule has 3 aromatic rings. The number of aromatic amines is 1. The number of anilines is 1. The summed E-state index contributed by atoms with van der Waals surface area (Å²) in [6, 6.07) is 4.11. The van der Waals surface area contributed by atoms with Gasteiger partial charge in [0.2, 0.25) is 0 Å². The third-order valence-corrected chi connectivity index (χ3v) is 4.79. The number of terminal acetylenes is 1. The second kappa shape index (κ2) is 6.78. The summed E-state index contributed by atoms with van der Waals surface area (Å²) < 4.78 is 13.5. The molecule has 8 heteroatoms. The molecule has 1 aliphatic heterocycles. The maximum absolute atomic E-state index is 13.5. The maximum Gasteiger partial charge on any atom is 0.257 e. The first kappa shape index (κ1) is 17.7. The summed E-state index contributed by atoms with van der Waals surface area (Å²) in [5.41, 5.74) is 2.56. The zero-order chi connectivity index (χ0) is 19.8. The molecule has 0 aliphatic carbocycles. The number of carbonyl (C=O) groups excluding carboxylic acids is 1. The van der Waals surface area contributed by atoms with Crippen LogP contribution in [0, 0.1) is 29.5 Å². The van der Waals surface area contributed by atoms with Crippen LogP contribution in [0.4, 0.5) is 10.1 Å². The first-order chi connectivity index (χ1) is 13.5. The number of H-pyrrole nitrogens is 1. The van der Waals surface area contributed by atoms with Crippen LogP contribution in [-0.2, 0) is 0 Å². The molecule has 3 N–H and O–H groups in total. The van der Waals surface area contributed by atoms with Gasteiger partial charge in [-0.25, -0.2) is 14.4 Å². The molecule has 4 rings (SSSR count). The van der Waals surface area contributed by atoms with E-state index < -0.39 is 5.82 Å². The topological polar surface area (TPSA) is 97.8 Å². The lowest BCUT2D eigenvalue weighted by Crippen LogP contribution is -2.49. The Morgan fingerprint density at radius 1 is 1.43 bits per heavy atom. The van der Waals surface area contributed by atoms with Crippen molar-refractivity contribution in [3.8, 4) is 12.3 Å². The van der Waals surface area contributed by atoms with Gasteiger partial charge in [-0.3, -0.25) is 10.2 Å². The fourth-order valence-electron chi connectivity index (χ4n) is 3.17. The molecule has 1 saturated heterocycles. The number of fused-ring (bicyclic) bond motifs is 1. The second-order valence-corrected chi connectivity index (χ2v) is 6.54. The van der Waals surface area contributed by atoms with Crippen LogP contribution in [0.2, 0.25) is 0 Å². The van der Waals surface area contributed by atoms with Gasteiger partial charge < -0.3 is 15.2 Å². The Morgan fingerprint density at radius 3 is 2.93 bits per heavy atom. The minimum atomic E-state index is -0.402. The number of benzene rings is 1. The Labute approximate surface area is 160 Å². The van der Waals surface area contributed by atoms with Crippen LogP contribution in [0.5, 0.6) is 0 Å². The van der Waals surface area contributed by atoms with Gasteiger partial charge in [0.1, 0.15) is 17.0 Å². The van der Waals surface area contributed by atoms with Crippen LogP contribution >= 0.6 is 0 Å². The van der Waals surface area contributed by atoms with Gasteiger partial charge >= 0.3 is 0 Å². The summed E-state index contributed by atoms with van der Waals surface area (Å²) in [6.45, 7) is 1.04. The highest BCUT2D eigenvalue weighted by molar-refractivity contribution is 6.14. The Morgan fingerprint density at radius 2 is 2.21 bits per heavy atom. The third kappa shape index (κ3) is 2.87. The van der Waals surface area contributed by atoms with Gasteiger partial charge in [-0.1, -0.05) is 5.92 Å². The number of hydrogen-bond acceptors (Lipinski definition) is 5. The highest BCUT2D eigenvalue weighted by Gasteiger charge is 2.31. The van der Waals surface area contributed by atoms with Gasteiger partial charge in [-0.15, -0.1) is 6.42 Å². The summed E-state index contributed by atoms with van der Waals surface area (Å²) in [5.74, 6) is 2.15. The van der Waals surface area contributed by atoms with Crippen molar-refractivity contribution in [3.05, 3.63) is 53.2 Å². The molecule has 0 saturated carbocycles. The zero-order valence-electron chi connectivity index (χ0n) is 15.1. The van der Waals surface area contributed by atoms with Crippen molar-refractivity contribution in [2.75, 3.05) is 25.5 Å². The van der Waals surface area contributed by atoms with E-state index in [1.54, 1.807) is 18.1 Å². The first-order valence-electron chi connectivity index (χ1n) is 8.68. The molecule has 1 fully saturated rings. The molecule has 0 bridgehead atoms. The van der Waals surface area contributed by atoms with E-state index in [0.717, 1.165) is 0 Å². The Kier molecular flexibility index (Phi) is 4.28. The molecule has 1 aromatic carbocycles. The summed E-state index contributed by atoms with van der Waals surface area (Å²) in [4.78, 5) is 26.1. The van der Waals surface area contributed by atoms with E-state index in [9.17, 15) is 9.18 Å². The predicted molar refractivity (Wildman–Crippen MR) is 104 cm³/mol. The number of halogens is 1. The van der Waals surface area contributed by atoms with Gasteiger partial charge in [-0.05, 0) is 18.2 Å². The number of aromatic nitrogens is 3. The standard InChI is InChI=1S/C20H17FN6O/c1-3-11-9-27(10-11)20(28)14-7-24-19-18(14)26-16(8-25-19)17(22)13-5-4-12(21)6-15(13)23-2/h1,4-8,11,22-23H,9-10H2,2H3,(H,24,25). The van der Waals surface area contributed by atoms with Crippen LogP contribution in [0.3, 0.4) is 0 Å². The lowest BCUT2D eigenvalue weighted by molar-refractivity contribution is 0.0581. The molecule has 7 nitrogen and oxygen atoms in total. The van der Waals surface area contributed by atoms with Crippen LogP contribution < -0.4 is 5.32 Å². The van der Waals surface area contributed by atoms with E-state index in [-0.39, 0.29) is 23.2 Å². The fourth-order valence-corrected chi connectivity index (χ4v) is 3.17. The number of carbonyl (C=O) groups is 1. The molecular weight excluding hydrogens is 359 g/mol. The zero-order valence-corrected chi connectivity index (χ0v) is 15.1. The molecule has 0 atom stereocenters. The van der Waals surface area contributed by atoms with Gasteiger partial charge in [0.15, 0.2) is 5.65 Å². The van der Waals surface area contributed by atoms with E-state index in [1.807, 2.05) is 0 Å². The second-order valence-electron chi connectivity index (χ2n) is 6.54. The molecule has 3 heterocycles. The van der Waals surface area contributed by atoms with Crippen molar-refractivity contribution in [3.63, 3.8) is 0 Å². The normalized spacial score (nSPS) is 13.8. The minimum absolute atomic E-state index is 0.0784. The van der Waals surface area contributed by atoms with Crippen LogP contribution in [0.15, 0.2) is 30.6 Å². The van der Waals surface area contributed by atoms with Gasteiger partial charge in [0.05, 0.1) is 23.4 Å². The Bertz CT molecular complexity index is 1140. The van der Waals surface area contributed by atoms with E-state index in [1.165, 1.54) is 24.4 Å². The number of likely N-dealkylation sites (tertiary alicyclic amines) is 1. The largest absolute Gasteiger partial charge is 0.387 e. The number of hydrogen-bond donors (Lipinski definition) is 3. The monoisotopic (exact) mass is 376 g/mol. The molecule has 1 aliphatic rings. The third-order valence-electron chi connectivity index (χ3n) is 4.79. The van der Waals surface area contributed by atoms with E-state index >= 15 is 0 Å². The van der Waals surface area contributed by atoms with Crippen molar-refractivity contribution in [1.82, 2.24) is 19.9 Å². The molecule has 0 radical (unpaired) electrons. The lowest BCUT2D eigenvalue weighted by Gasteiger charge is -2.36. The Hall–Kier alpha value is -3.73. The number of nitrogens with zero attached hydrogens (tertiary/aromatic N) is 3. The average molecular weight is 376 g/mol. The molecule has 0 spiro atoms. The lowest BCUT2D eigenvalue weighted by atomic mass is 10.0. The highest BCUT2D eigenvalue weighted by atomic mass is 19.1. The molecular formula is C20H17FN6O. The van der Waals surface area contributed by atoms with E-state index in [0.29, 0.717) is 41.1 Å². The van der Waals surface area contributed by atoms with Gasteiger partial charge in [0.25, 0.3) is 5.91 Å². The molecule has 1 amide bonds. The van der Waals surface area contributed by atoms with E-state index in [4.69, 9.17) is 11.8 Å². The number of rotatable bonds is 4. The van der Waals surface area contributed by atoms with Crippen molar-refractivity contribution in [2.24, 2.45) is 5.92 Å². The summed E-state index contributed by atoms with van der Waals surface area (Å²) in [5, 5.41) is 11.4. The van der Waals surface area contributed by atoms with Crippen molar-refractivity contribution >= 4 is 28.5 Å². The smallest absolute Gasteiger partial charge is 0.257 e. The molecule has 140 valence electrons. The fraction of sp³-hybridized carbons (Fsp3) is 0.200. The van der Waals surface area contributed by atoms with Gasteiger partial charge in [0, 0.05) is 37.6 Å². The molecule has 0 unspecified atom stereocenters. The average Bonchev–Trinajstić information content (AvgIpc) is 3.09. The minimum Gasteiger partial charge on any atom is -0.387 e. The summed E-state index contributed by atoms with van der Waals surface area (Å²) in [6.07, 6.45) is 8.40. The van der Waals surface area contributed by atoms with Crippen molar-refractivity contribution < 1.29 is 9.18 Å². The van der Waals surface area contributed by atoms with Crippen LogP contribution in [-0.4, -0.2) is 51.6 Å². The van der Waals surface area contributed by atoms with Crippen LogP contribution in [0.25, 0.3) is 11.2 Å². The van der Waals surface area contributed by atoms with Gasteiger partial charge in [-0.2, -0.15) is 0 Å². The van der Waals surface area contributed by atoms with Crippen molar-refractivity contribution in [2.45, 2.75) is 0 Å². The first-order valence-corrected chi connectivity index (χ1v) is 8.68.